The molecule has 0 bridgehead atoms. The van der Waals surface area contributed by atoms with E-state index in [9.17, 15) is 5.11 Å². The quantitative estimate of drug-likeness (QED) is 0.612. The lowest BCUT2D eigenvalue weighted by molar-refractivity contribution is 0.162. The summed E-state index contributed by atoms with van der Waals surface area (Å²) in [7, 11) is 0. The summed E-state index contributed by atoms with van der Waals surface area (Å²) in [5.41, 5.74) is 6.83. The lowest BCUT2D eigenvalue weighted by Crippen LogP contribution is -2.24. The third-order valence-electron chi connectivity index (χ3n) is 1.85. The fraction of sp³-hybridized carbons (Fsp3) is 0.444. The zero-order valence-corrected chi connectivity index (χ0v) is 7.51. The molecule has 1 rings (SSSR count). The Hall–Kier alpha value is -0.970. The first-order valence-corrected chi connectivity index (χ1v) is 4.15. The molecule has 13 heavy (non-hydrogen) atoms. The van der Waals surface area contributed by atoms with Crippen LogP contribution in [0.25, 0.3) is 0 Å². The number of pyridine rings is 1. The number of nitrogens with zero attached hydrogens (tertiary/aromatic N) is 1. The summed E-state index contributed by atoms with van der Waals surface area (Å²) >= 11 is 0. The van der Waals surface area contributed by atoms with Crippen molar-refractivity contribution in [1.29, 1.82) is 0 Å². The van der Waals surface area contributed by atoms with Crippen molar-refractivity contribution >= 4 is 0 Å². The van der Waals surface area contributed by atoms with Gasteiger partial charge in [-0.1, -0.05) is 6.07 Å². The second kappa shape index (κ2) is 4.32. The molecule has 0 radical (unpaired) electrons. The SMILES string of the molecule is C[C@H](O)[C@@H](N)c1cccc(CO)n1. The van der Waals surface area contributed by atoms with E-state index in [4.69, 9.17) is 10.8 Å². The Morgan fingerprint density at radius 2 is 2.23 bits per heavy atom. The predicted octanol–water partition coefficient (Wildman–Crippen LogP) is -0.0455. The molecule has 72 valence electrons. The second-order valence-corrected chi connectivity index (χ2v) is 2.98. The van der Waals surface area contributed by atoms with Crippen LogP contribution in [-0.4, -0.2) is 21.3 Å². The highest BCUT2D eigenvalue weighted by Gasteiger charge is 2.13. The molecule has 1 heterocycles. The molecule has 0 aliphatic rings. The van der Waals surface area contributed by atoms with E-state index >= 15 is 0 Å². The summed E-state index contributed by atoms with van der Waals surface area (Å²) in [4.78, 5) is 4.08. The minimum Gasteiger partial charge on any atom is -0.391 e. The summed E-state index contributed by atoms with van der Waals surface area (Å²) in [5.74, 6) is 0. The molecular formula is C9H14N2O2. The van der Waals surface area contributed by atoms with Gasteiger partial charge in [0, 0.05) is 0 Å². The highest BCUT2D eigenvalue weighted by atomic mass is 16.3. The first-order valence-electron chi connectivity index (χ1n) is 4.15. The Kier molecular flexibility index (Phi) is 3.36. The summed E-state index contributed by atoms with van der Waals surface area (Å²) in [6.07, 6.45) is -0.638. The number of aromatic nitrogens is 1. The molecule has 0 spiro atoms. The van der Waals surface area contributed by atoms with Gasteiger partial charge in [0.05, 0.1) is 30.1 Å². The fourth-order valence-corrected chi connectivity index (χ4v) is 1.02. The maximum Gasteiger partial charge on any atom is 0.0853 e. The van der Waals surface area contributed by atoms with E-state index in [2.05, 4.69) is 4.98 Å². The van der Waals surface area contributed by atoms with Gasteiger partial charge in [-0.05, 0) is 19.1 Å². The Balaban J connectivity index is 2.88. The lowest BCUT2D eigenvalue weighted by Gasteiger charge is -2.14. The summed E-state index contributed by atoms with van der Waals surface area (Å²) in [6.45, 7) is 1.50. The van der Waals surface area contributed by atoms with Crippen molar-refractivity contribution in [2.45, 2.75) is 25.7 Å². The van der Waals surface area contributed by atoms with Crippen LogP contribution in [0, 0.1) is 0 Å². The molecule has 4 N–H and O–H groups in total. The van der Waals surface area contributed by atoms with Crippen LogP contribution < -0.4 is 5.73 Å². The highest BCUT2D eigenvalue weighted by molar-refractivity contribution is 5.14. The highest BCUT2D eigenvalue weighted by Crippen LogP contribution is 2.11. The van der Waals surface area contributed by atoms with Gasteiger partial charge in [0.1, 0.15) is 0 Å². The van der Waals surface area contributed by atoms with Crippen LogP contribution in [-0.2, 0) is 6.61 Å². The molecule has 0 aliphatic heterocycles. The molecular weight excluding hydrogens is 168 g/mol. The van der Waals surface area contributed by atoms with Gasteiger partial charge in [-0.15, -0.1) is 0 Å². The zero-order chi connectivity index (χ0) is 9.84. The van der Waals surface area contributed by atoms with Gasteiger partial charge in [-0.2, -0.15) is 0 Å². The lowest BCUT2D eigenvalue weighted by atomic mass is 10.1. The average molecular weight is 182 g/mol. The topological polar surface area (TPSA) is 79.4 Å². The van der Waals surface area contributed by atoms with E-state index in [0.717, 1.165) is 0 Å². The standard InChI is InChI=1S/C9H14N2O2/c1-6(13)9(10)8-4-2-3-7(5-12)11-8/h2-4,6,9,12-13H,5,10H2,1H3/t6-,9+/m0/s1. The van der Waals surface area contributed by atoms with Crippen LogP contribution in [0.4, 0.5) is 0 Å². The second-order valence-electron chi connectivity index (χ2n) is 2.98. The molecule has 1 aromatic rings. The van der Waals surface area contributed by atoms with Crippen molar-refractivity contribution < 1.29 is 10.2 Å². The number of nitrogens with two attached hydrogens (primary N) is 1. The number of aliphatic hydroxyl groups is 2. The Bertz CT molecular complexity index is 276. The van der Waals surface area contributed by atoms with E-state index in [1.807, 2.05) is 0 Å². The third kappa shape index (κ3) is 2.48. The van der Waals surface area contributed by atoms with Gasteiger partial charge in [0.15, 0.2) is 0 Å². The molecule has 4 nitrogen and oxygen atoms in total. The normalized spacial score (nSPS) is 15.4. The average Bonchev–Trinajstić information content (AvgIpc) is 2.16. The Morgan fingerprint density at radius 3 is 2.77 bits per heavy atom. The molecule has 1 aromatic heterocycles. The Labute approximate surface area is 77.0 Å². The van der Waals surface area contributed by atoms with Crippen molar-refractivity contribution in [2.24, 2.45) is 5.73 Å². The van der Waals surface area contributed by atoms with Crippen LogP contribution in [0.15, 0.2) is 18.2 Å². The predicted molar refractivity (Wildman–Crippen MR) is 48.8 cm³/mol. The summed E-state index contributed by atoms with van der Waals surface area (Å²) in [5, 5.41) is 18.0. The van der Waals surface area contributed by atoms with E-state index in [-0.39, 0.29) is 6.61 Å². The van der Waals surface area contributed by atoms with Crippen molar-refractivity contribution in [1.82, 2.24) is 4.98 Å². The number of aliphatic hydroxyl groups excluding tert-OH is 2. The van der Waals surface area contributed by atoms with Gasteiger partial charge in [-0.3, -0.25) is 4.98 Å². The Morgan fingerprint density at radius 1 is 1.54 bits per heavy atom. The van der Waals surface area contributed by atoms with Gasteiger partial charge >= 0.3 is 0 Å². The summed E-state index contributed by atoms with van der Waals surface area (Å²) < 4.78 is 0. The zero-order valence-electron chi connectivity index (χ0n) is 7.51. The molecule has 0 unspecified atom stereocenters. The third-order valence-corrected chi connectivity index (χ3v) is 1.85. The largest absolute Gasteiger partial charge is 0.391 e. The minimum absolute atomic E-state index is 0.111. The van der Waals surface area contributed by atoms with Crippen LogP contribution in [0.1, 0.15) is 24.4 Å². The van der Waals surface area contributed by atoms with E-state index in [1.165, 1.54) is 0 Å². The van der Waals surface area contributed by atoms with Gasteiger partial charge in [0.2, 0.25) is 0 Å². The van der Waals surface area contributed by atoms with Crippen LogP contribution in [0.5, 0.6) is 0 Å². The van der Waals surface area contributed by atoms with E-state index in [0.29, 0.717) is 11.4 Å². The molecule has 2 atom stereocenters. The van der Waals surface area contributed by atoms with Gasteiger partial charge in [-0.25, -0.2) is 0 Å². The van der Waals surface area contributed by atoms with Crippen molar-refractivity contribution in [3.63, 3.8) is 0 Å². The van der Waals surface area contributed by atoms with E-state index < -0.39 is 12.1 Å². The molecule has 0 amide bonds. The van der Waals surface area contributed by atoms with Crippen molar-refractivity contribution in [2.75, 3.05) is 0 Å². The van der Waals surface area contributed by atoms with Crippen molar-refractivity contribution in [3.8, 4) is 0 Å². The molecule has 4 heteroatoms. The molecule has 0 aromatic carbocycles. The van der Waals surface area contributed by atoms with E-state index in [1.54, 1.807) is 25.1 Å². The smallest absolute Gasteiger partial charge is 0.0853 e. The summed E-state index contributed by atoms with van der Waals surface area (Å²) in [6, 6.07) is 4.71. The fourth-order valence-electron chi connectivity index (χ4n) is 1.02. The molecule has 0 saturated heterocycles. The van der Waals surface area contributed by atoms with Gasteiger partial charge in [0.25, 0.3) is 0 Å². The maximum absolute atomic E-state index is 9.21. The minimum atomic E-state index is -0.638. The molecule has 0 fully saturated rings. The van der Waals surface area contributed by atoms with Gasteiger partial charge < -0.3 is 15.9 Å². The number of hydrogen-bond donors (Lipinski definition) is 3. The maximum atomic E-state index is 9.21. The molecule has 0 aliphatic carbocycles. The first-order chi connectivity index (χ1) is 6.15. The monoisotopic (exact) mass is 182 g/mol. The van der Waals surface area contributed by atoms with Crippen LogP contribution >= 0.6 is 0 Å². The van der Waals surface area contributed by atoms with Crippen molar-refractivity contribution in [3.05, 3.63) is 29.6 Å². The first kappa shape index (κ1) is 10.1. The number of rotatable bonds is 3. The van der Waals surface area contributed by atoms with Crippen LogP contribution in [0.2, 0.25) is 0 Å². The molecule has 0 saturated carbocycles. The van der Waals surface area contributed by atoms with Crippen LogP contribution in [0.3, 0.4) is 0 Å². The number of hydrogen-bond acceptors (Lipinski definition) is 4.